The molecule has 0 aromatic heterocycles. The van der Waals surface area contributed by atoms with Crippen molar-refractivity contribution in [3.63, 3.8) is 0 Å². The summed E-state index contributed by atoms with van der Waals surface area (Å²) in [4.78, 5) is 9.10. The first-order valence-corrected chi connectivity index (χ1v) is 12.6. The molecule has 1 atom stereocenters. The summed E-state index contributed by atoms with van der Waals surface area (Å²) in [5, 5.41) is 9.57. The Labute approximate surface area is 187 Å². The molecule has 0 saturated heterocycles. The van der Waals surface area contributed by atoms with Gasteiger partial charge in [0.2, 0.25) is 7.37 Å². The smallest absolute Gasteiger partial charge is 0.233 e. The number of phenols is 1. The topological polar surface area (TPSA) is 66.8 Å². The van der Waals surface area contributed by atoms with Crippen molar-refractivity contribution in [1.82, 2.24) is 0 Å². The molecule has 4 nitrogen and oxygen atoms in total. The van der Waals surface area contributed by atoms with Crippen LogP contribution in [0.4, 0.5) is 0 Å². The molecule has 0 aliphatic rings. The summed E-state index contributed by atoms with van der Waals surface area (Å²) in [6.07, 6.45) is 3.35. The van der Waals surface area contributed by atoms with Crippen molar-refractivity contribution in [1.29, 1.82) is 0 Å². The van der Waals surface area contributed by atoms with E-state index in [2.05, 4.69) is 39.5 Å². The summed E-state index contributed by atoms with van der Waals surface area (Å²) >= 11 is 0. The van der Waals surface area contributed by atoms with Gasteiger partial charge < -0.3 is 14.7 Å². The molecule has 1 unspecified atom stereocenters. The molecular weight excluding hydrogens is 407 g/mol. The van der Waals surface area contributed by atoms with Crippen LogP contribution in [0.3, 0.4) is 0 Å². The number of hydrogen-bond donors (Lipinski definition) is 2. The maximum Gasteiger partial charge on any atom is 0.233 e. The van der Waals surface area contributed by atoms with Crippen molar-refractivity contribution in [2.75, 3.05) is 13.0 Å². The fourth-order valence-corrected chi connectivity index (χ4v) is 3.48. The third kappa shape index (κ3) is 10.9. The highest BCUT2D eigenvalue weighted by Gasteiger charge is 2.10. The Balaban J connectivity index is 0.000000314. The average Bonchev–Trinajstić information content (AvgIpc) is 2.69. The molecule has 0 spiro atoms. The quantitative estimate of drug-likeness (QED) is 0.261. The van der Waals surface area contributed by atoms with Gasteiger partial charge in [-0.1, -0.05) is 67.6 Å². The Hall–Kier alpha value is -2.55. The van der Waals surface area contributed by atoms with E-state index in [1.165, 1.54) is 23.4 Å². The van der Waals surface area contributed by atoms with Gasteiger partial charge in [-0.15, -0.1) is 0 Å². The molecule has 0 radical (unpaired) electrons. The SMILES string of the molecule is C=C(/C=C(/C)C(CC)=C(C)C)OCP(C)(=O)O.Oc1ccccc1Cc1ccccc1. The van der Waals surface area contributed by atoms with E-state index < -0.39 is 7.37 Å². The number of ether oxygens (including phenoxy) is 1. The summed E-state index contributed by atoms with van der Waals surface area (Å²) in [5.74, 6) is 0.794. The lowest BCUT2D eigenvalue weighted by Crippen LogP contribution is -1.95. The number of benzene rings is 2. The molecule has 0 heterocycles. The lowest BCUT2D eigenvalue weighted by atomic mass is 10.00. The minimum Gasteiger partial charge on any atom is -0.508 e. The monoisotopic (exact) mass is 442 g/mol. The Bertz CT molecular complexity index is 948. The highest BCUT2D eigenvalue weighted by Crippen LogP contribution is 2.35. The zero-order valence-corrected chi connectivity index (χ0v) is 20.2. The highest BCUT2D eigenvalue weighted by atomic mass is 31.2. The molecule has 0 amide bonds. The van der Waals surface area contributed by atoms with E-state index in [4.69, 9.17) is 9.63 Å². The molecule has 31 heavy (non-hydrogen) atoms. The second kappa shape index (κ2) is 13.0. The summed E-state index contributed by atoms with van der Waals surface area (Å²) in [6, 6.07) is 17.6. The van der Waals surface area contributed by atoms with E-state index >= 15 is 0 Å². The van der Waals surface area contributed by atoms with Gasteiger partial charge in [0.05, 0.1) is 0 Å². The molecule has 0 bridgehead atoms. The van der Waals surface area contributed by atoms with Gasteiger partial charge in [0.25, 0.3) is 0 Å². The van der Waals surface area contributed by atoms with Crippen LogP contribution in [0.1, 0.15) is 45.2 Å². The van der Waals surface area contributed by atoms with Crippen LogP contribution in [0, 0.1) is 0 Å². The molecule has 5 heteroatoms. The van der Waals surface area contributed by atoms with E-state index in [-0.39, 0.29) is 6.35 Å². The predicted octanol–water partition coefficient (Wildman–Crippen LogP) is 7.05. The zero-order chi connectivity index (χ0) is 23.4. The molecule has 2 aromatic carbocycles. The van der Waals surface area contributed by atoms with Crippen molar-refractivity contribution in [3.05, 3.63) is 101 Å². The third-order valence-electron chi connectivity index (χ3n) is 4.53. The molecule has 0 aliphatic carbocycles. The van der Waals surface area contributed by atoms with Crippen molar-refractivity contribution in [2.24, 2.45) is 0 Å². The van der Waals surface area contributed by atoms with Gasteiger partial charge in [0.1, 0.15) is 11.5 Å². The standard InChI is InChI=1S/C13H23O3P.C13H12O/c1-7-13(10(2)3)11(4)8-12(5)16-9-17(6,14)15;14-13-9-5-4-8-12(13)10-11-6-2-1-3-7-11/h8H,5,7,9H2,1-4,6H3,(H,14,15);1-9,14H,10H2/b11-8-;. The van der Waals surface area contributed by atoms with Gasteiger partial charge in [-0.3, -0.25) is 4.57 Å². The zero-order valence-electron chi connectivity index (χ0n) is 19.3. The molecule has 2 aromatic rings. The van der Waals surface area contributed by atoms with Crippen molar-refractivity contribution in [2.45, 2.75) is 40.5 Å². The summed E-state index contributed by atoms with van der Waals surface area (Å²) in [5.41, 5.74) is 5.80. The number of allylic oxidation sites excluding steroid dienone is 4. The number of aromatic hydroxyl groups is 1. The predicted molar refractivity (Wildman–Crippen MR) is 131 cm³/mol. The van der Waals surface area contributed by atoms with Crippen molar-refractivity contribution < 1.29 is 19.3 Å². The lowest BCUT2D eigenvalue weighted by Gasteiger charge is -2.11. The Morgan fingerprint density at radius 1 is 1.06 bits per heavy atom. The van der Waals surface area contributed by atoms with Gasteiger partial charge in [0.15, 0.2) is 6.35 Å². The van der Waals surface area contributed by atoms with Crippen LogP contribution in [-0.2, 0) is 15.7 Å². The molecule has 0 fully saturated rings. The van der Waals surface area contributed by atoms with Crippen LogP contribution in [-0.4, -0.2) is 23.0 Å². The normalized spacial score (nSPS) is 12.8. The van der Waals surface area contributed by atoms with Crippen LogP contribution in [0.5, 0.6) is 5.75 Å². The van der Waals surface area contributed by atoms with Crippen LogP contribution < -0.4 is 0 Å². The Kier molecular flexibility index (Phi) is 11.1. The minimum atomic E-state index is -3.14. The van der Waals surface area contributed by atoms with E-state index in [9.17, 15) is 9.67 Å². The molecule has 0 aliphatic heterocycles. The molecule has 2 rings (SSSR count). The summed E-state index contributed by atoms with van der Waals surface area (Å²) in [7, 11) is -3.14. The van der Waals surface area contributed by atoms with Crippen LogP contribution >= 0.6 is 7.37 Å². The van der Waals surface area contributed by atoms with E-state index in [0.717, 1.165) is 24.0 Å². The molecule has 0 saturated carbocycles. The fourth-order valence-electron chi connectivity index (χ4n) is 3.08. The van der Waals surface area contributed by atoms with Crippen molar-refractivity contribution in [3.8, 4) is 5.75 Å². The van der Waals surface area contributed by atoms with E-state index in [1.54, 1.807) is 6.07 Å². The second-order valence-corrected chi connectivity index (χ2v) is 10.1. The lowest BCUT2D eigenvalue weighted by molar-refractivity contribution is 0.266. The Morgan fingerprint density at radius 2 is 1.65 bits per heavy atom. The molecule has 2 N–H and O–H groups in total. The van der Waals surface area contributed by atoms with E-state index in [0.29, 0.717) is 11.5 Å². The maximum absolute atomic E-state index is 11.1. The maximum atomic E-state index is 11.1. The summed E-state index contributed by atoms with van der Waals surface area (Å²) in [6.45, 7) is 13.2. The number of hydrogen-bond acceptors (Lipinski definition) is 3. The van der Waals surface area contributed by atoms with E-state index in [1.807, 2.05) is 49.4 Å². The van der Waals surface area contributed by atoms with Crippen LogP contribution in [0.15, 0.2) is 89.7 Å². The first-order chi connectivity index (χ1) is 14.5. The average molecular weight is 443 g/mol. The largest absolute Gasteiger partial charge is 0.508 e. The second-order valence-electron chi connectivity index (χ2n) is 7.74. The Morgan fingerprint density at radius 3 is 2.16 bits per heavy atom. The van der Waals surface area contributed by atoms with Crippen molar-refractivity contribution >= 4 is 7.37 Å². The van der Waals surface area contributed by atoms with Gasteiger partial charge in [0, 0.05) is 13.1 Å². The first-order valence-electron chi connectivity index (χ1n) is 10.3. The van der Waals surface area contributed by atoms with Gasteiger partial charge in [-0.05, 0) is 61.6 Å². The number of para-hydroxylation sites is 1. The first kappa shape index (κ1) is 26.5. The van der Waals surface area contributed by atoms with Crippen LogP contribution in [0.25, 0.3) is 0 Å². The summed E-state index contributed by atoms with van der Waals surface area (Å²) < 4.78 is 16.2. The van der Waals surface area contributed by atoms with Crippen LogP contribution in [0.2, 0.25) is 0 Å². The third-order valence-corrected chi connectivity index (χ3v) is 5.14. The fraction of sp³-hybridized carbons (Fsp3) is 0.308. The van der Waals surface area contributed by atoms with Gasteiger partial charge in [-0.25, -0.2) is 0 Å². The van der Waals surface area contributed by atoms with Gasteiger partial charge >= 0.3 is 0 Å². The number of phenolic OH excluding ortho intramolecular Hbond substituents is 1. The molecular formula is C26H35O4P. The minimum absolute atomic E-state index is 0.189. The van der Waals surface area contributed by atoms with Gasteiger partial charge in [-0.2, -0.15) is 0 Å². The molecule has 168 valence electrons. The highest BCUT2D eigenvalue weighted by molar-refractivity contribution is 7.56. The number of rotatable bonds is 8.